The zero-order valence-corrected chi connectivity index (χ0v) is 22.6. The van der Waals surface area contributed by atoms with Crippen LogP contribution in [-0.2, 0) is 9.53 Å². The van der Waals surface area contributed by atoms with E-state index >= 15 is 0 Å². The van der Waals surface area contributed by atoms with Crippen LogP contribution in [-0.4, -0.2) is 78.5 Å². The topological polar surface area (TPSA) is 82.2 Å². The summed E-state index contributed by atoms with van der Waals surface area (Å²) in [5, 5.41) is 3.46. The van der Waals surface area contributed by atoms with Crippen LogP contribution in [0, 0.1) is 0 Å². The maximum Gasteiger partial charge on any atom is 0.338 e. The average molecular weight is 545 g/mol. The van der Waals surface area contributed by atoms with Gasteiger partial charge in [0.2, 0.25) is 0 Å². The Morgan fingerprint density at radius 3 is 2.49 bits per heavy atom. The number of rotatable bonds is 6. The maximum absolute atomic E-state index is 13.2. The predicted molar refractivity (Wildman–Crippen MR) is 143 cm³/mol. The van der Waals surface area contributed by atoms with Crippen LogP contribution < -0.4 is 5.32 Å². The largest absolute Gasteiger partial charge is 0.463 e. The smallest absolute Gasteiger partial charge is 0.338 e. The molecule has 0 aromatic heterocycles. The fourth-order valence-electron chi connectivity index (χ4n) is 4.81. The van der Waals surface area contributed by atoms with Gasteiger partial charge in [0, 0.05) is 50.5 Å². The molecule has 1 N–H and O–H groups in total. The van der Waals surface area contributed by atoms with E-state index in [1.165, 1.54) is 4.90 Å². The first kappa shape index (κ1) is 27.0. The molecule has 2 unspecified atom stereocenters. The Labute approximate surface area is 226 Å². The van der Waals surface area contributed by atoms with Gasteiger partial charge in [0.25, 0.3) is 5.91 Å². The number of benzene rings is 2. The normalized spacial score (nSPS) is 20.6. The third-order valence-corrected chi connectivity index (χ3v) is 7.56. The molecule has 37 heavy (non-hydrogen) atoms. The van der Waals surface area contributed by atoms with Gasteiger partial charge in [-0.3, -0.25) is 14.6 Å². The lowest BCUT2D eigenvalue weighted by Gasteiger charge is -2.42. The molecule has 10 heteroatoms. The van der Waals surface area contributed by atoms with Crippen LogP contribution in [0.25, 0.3) is 0 Å². The van der Waals surface area contributed by atoms with Gasteiger partial charge < -0.3 is 15.0 Å². The summed E-state index contributed by atoms with van der Waals surface area (Å²) in [5.41, 5.74) is 2.00. The van der Waals surface area contributed by atoms with E-state index in [1.807, 2.05) is 42.2 Å². The van der Waals surface area contributed by atoms with E-state index in [1.54, 1.807) is 32.2 Å². The van der Waals surface area contributed by atoms with Crippen LogP contribution >= 0.6 is 23.2 Å². The molecule has 2 aliphatic rings. The summed E-state index contributed by atoms with van der Waals surface area (Å²) in [6, 6.07) is 13.1. The van der Waals surface area contributed by atoms with E-state index in [0.717, 1.165) is 0 Å². The minimum absolute atomic E-state index is 0.0102. The number of halogens is 2. The molecular formula is C27H30Cl2N4O4. The Morgan fingerprint density at radius 2 is 1.81 bits per heavy atom. The number of nitrogens with one attached hydrogen (secondary N) is 1. The number of carbonyl (C=O) groups excluding carboxylic acids is 3. The zero-order chi connectivity index (χ0) is 26.7. The number of nitrogens with zero attached hydrogens (tertiary/aromatic N) is 3. The third-order valence-electron chi connectivity index (χ3n) is 6.73. The van der Waals surface area contributed by atoms with Gasteiger partial charge in [-0.2, -0.15) is 0 Å². The van der Waals surface area contributed by atoms with Crippen LogP contribution in [0.4, 0.5) is 4.79 Å². The molecular weight excluding hydrogens is 515 g/mol. The summed E-state index contributed by atoms with van der Waals surface area (Å²) < 4.78 is 5.40. The Bertz CT molecular complexity index is 1220. The molecule has 1 saturated heterocycles. The third kappa shape index (κ3) is 5.61. The first-order valence-corrected chi connectivity index (χ1v) is 12.9. The number of urea groups is 1. The summed E-state index contributed by atoms with van der Waals surface area (Å²) in [7, 11) is 1.62. The van der Waals surface area contributed by atoms with Gasteiger partial charge in [0.1, 0.15) is 0 Å². The molecule has 2 aromatic carbocycles. The number of hydrogen-bond acceptors (Lipinski definition) is 5. The summed E-state index contributed by atoms with van der Waals surface area (Å²) in [6.45, 7) is 5.92. The minimum Gasteiger partial charge on any atom is -0.463 e. The number of esters is 1. The quantitative estimate of drug-likeness (QED) is 0.546. The molecule has 4 rings (SSSR count). The molecule has 0 spiro atoms. The Kier molecular flexibility index (Phi) is 8.42. The lowest BCUT2D eigenvalue weighted by Crippen LogP contribution is -2.56. The fourth-order valence-corrected chi connectivity index (χ4v) is 5.23. The number of amides is 3. The highest BCUT2D eigenvalue weighted by Crippen LogP contribution is 2.37. The molecule has 2 atom stereocenters. The second-order valence-electron chi connectivity index (χ2n) is 9.11. The van der Waals surface area contributed by atoms with Crippen molar-refractivity contribution in [1.82, 2.24) is 20.0 Å². The fraction of sp³-hybridized carbons (Fsp3) is 0.370. The number of ether oxygens (including phenoxy) is 1. The van der Waals surface area contributed by atoms with E-state index in [9.17, 15) is 14.4 Å². The Morgan fingerprint density at radius 1 is 1.08 bits per heavy atom. The lowest BCUT2D eigenvalue weighted by atomic mass is 9.94. The van der Waals surface area contributed by atoms with Crippen molar-refractivity contribution < 1.29 is 19.1 Å². The van der Waals surface area contributed by atoms with Crippen molar-refractivity contribution >= 4 is 41.1 Å². The van der Waals surface area contributed by atoms with Crippen molar-refractivity contribution in [2.75, 3.05) is 39.8 Å². The highest BCUT2D eigenvalue weighted by atomic mass is 35.5. The zero-order valence-electron chi connectivity index (χ0n) is 21.0. The van der Waals surface area contributed by atoms with Crippen LogP contribution in [0.5, 0.6) is 0 Å². The van der Waals surface area contributed by atoms with Crippen LogP contribution in [0.3, 0.4) is 0 Å². The van der Waals surface area contributed by atoms with Gasteiger partial charge in [-0.25, -0.2) is 9.59 Å². The second-order valence-corrected chi connectivity index (χ2v) is 9.90. The molecule has 3 amide bonds. The number of carbonyl (C=O) groups is 3. The van der Waals surface area contributed by atoms with Crippen LogP contribution in [0.1, 0.15) is 35.8 Å². The standard InChI is InChI=1S/C27H30Cl2N4O4/c1-4-37-26(35)22-21(31(3)27(36)30-24(22)19-11-8-12-20(28)23(19)29)16-32-13-14-33(17(2)15-32)25(34)18-9-6-5-7-10-18/h5-12,17,24H,4,13-16H2,1-3H3,(H,30,36). The summed E-state index contributed by atoms with van der Waals surface area (Å²) >= 11 is 12.7. The monoisotopic (exact) mass is 544 g/mol. The van der Waals surface area contributed by atoms with E-state index in [2.05, 4.69) is 10.2 Å². The molecule has 1 fully saturated rings. The minimum atomic E-state index is -0.817. The molecule has 2 heterocycles. The van der Waals surface area contributed by atoms with E-state index in [4.69, 9.17) is 27.9 Å². The highest BCUT2D eigenvalue weighted by molar-refractivity contribution is 6.42. The molecule has 0 aliphatic carbocycles. The van der Waals surface area contributed by atoms with Crippen molar-refractivity contribution in [3.63, 3.8) is 0 Å². The highest BCUT2D eigenvalue weighted by Gasteiger charge is 2.39. The summed E-state index contributed by atoms with van der Waals surface area (Å²) in [6.07, 6.45) is 0. The number of likely N-dealkylation sites (N-methyl/N-ethyl adjacent to an activating group) is 1. The SMILES string of the molecule is CCOC(=O)C1=C(CN2CCN(C(=O)c3ccccc3)C(C)C2)N(C)C(=O)NC1c1cccc(Cl)c1Cl. The number of piperazine rings is 1. The molecule has 0 saturated carbocycles. The molecule has 196 valence electrons. The molecule has 0 bridgehead atoms. The predicted octanol–water partition coefficient (Wildman–Crippen LogP) is 4.35. The molecule has 8 nitrogen and oxygen atoms in total. The average Bonchev–Trinajstić information content (AvgIpc) is 2.88. The molecule has 0 radical (unpaired) electrons. The molecule has 2 aromatic rings. The van der Waals surface area contributed by atoms with Crippen molar-refractivity contribution in [1.29, 1.82) is 0 Å². The van der Waals surface area contributed by atoms with E-state index in [-0.39, 0.29) is 29.6 Å². The van der Waals surface area contributed by atoms with Crippen molar-refractivity contribution in [2.45, 2.75) is 25.9 Å². The number of hydrogen-bond donors (Lipinski definition) is 1. The van der Waals surface area contributed by atoms with Gasteiger partial charge in [-0.15, -0.1) is 0 Å². The van der Waals surface area contributed by atoms with Gasteiger partial charge in [0.15, 0.2) is 0 Å². The van der Waals surface area contributed by atoms with Crippen molar-refractivity contribution in [3.8, 4) is 0 Å². The van der Waals surface area contributed by atoms with Crippen molar-refractivity contribution in [3.05, 3.63) is 81.0 Å². The summed E-state index contributed by atoms with van der Waals surface area (Å²) in [4.78, 5) is 44.7. The van der Waals surface area contributed by atoms with Gasteiger partial charge >= 0.3 is 12.0 Å². The second kappa shape index (κ2) is 11.5. The first-order valence-electron chi connectivity index (χ1n) is 12.2. The van der Waals surface area contributed by atoms with E-state index in [0.29, 0.717) is 53.6 Å². The van der Waals surface area contributed by atoms with Gasteiger partial charge in [0.05, 0.1) is 28.3 Å². The van der Waals surface area contributed by atoms with Gasteiger partial charge in [-0.1, -0.05) is 53.5 Å². The first-order chi connectivity index (χ1) is 17.7. The van der Waals surface area contributed by atoms with Crippen LogP contribution in [0.15, 0.2) is 59.8 Å². The van der Waals surface area contributed by atoms with E-state index < -0.39 is 12.0 Å². The van der Waals surface area contributed by atoms with Crippen LogP contribution in [0.2, 0.25) is 10.0 Å². The Hall–Kier alpha value is -3.07. The summed E-state index contributed by atoms with van der Waals surface area (Å²) in [5.74, 6) is -0.541. The lowest BCUT2D eigenvalue weighted by molar-refractivity contribution is -0.139. The van der Waals surface area contributed by atoms with Crippen molar-refractivity contribution in [2.24, 2.45) is 0 Å². The molecule has 2 aliphatic heterocycles. The Balaban J connectivity index is 1.64. The maximum atomic E-state index is 13.2. The van der Waals surface area contributed by atoms with Gasteiger partial charge in [-0.05, 0) is 37.6 Å².